The minimum absolute atomic E-state index is 0.510. The number of aliphatic hydroxyl groups is 1. The smallest absolute Gasteiger partial charge is 0.107 e. The second kappa shape index (κ2) is 8.61. The van der Waals surface area contributed by atoms with E-state index in [4.69, 9.17) is 5.41 Å². The fourth-order valence-corrected chi connectivity index (χ4v) is 2.90. The third-order valence-electron chi connectivity index (χ3n) is 3.54. The highest BCUT2D eigenvalue weighted by Gasteiger charge is 2.18. The van der Waals surface area contributed by atoms with Crippen molar-refractivity contribution in [2.45, 2.75) is 38.7 Å². The Morgan fingerprint density at radius 2 is 2.27 bits per heavy atom. The molecule has 0 amide bonds. The van der Waals surface area contributed by atoms with Crippen molar-refractivity contribution in [1.82, 2.24) is 4.98 Å². The van der Waals surface area contributed by atoms with Crippen molar-refractivity contribution in [2.75, 3.05) is 0 Å². The Labute approximate surface area is 135 Å². The van der Waals surface area contributed by atoms with E-state index in [1.807, 2.05) is 35.0 Å². The molecular formula is C18H22N2OS. The van der Waals surface area contributed by atoms with Crippen molar-refractivity contribution >= 4 is 23.1 Å². The summed E-state index contributed by atoms with van der Waals surface area (Å²) in [6.07, 6.45) is 8.37. The second-order valence-electron chi connectivity index (χ2n) is 5.28. The number of pyridine rings is 1. The number of unbranched alkanes of at least 4 members (excludes halogenated alkanes) is 2. The van der Waals surface area contributed by atoms with Crippen LogP contribution in [0.25, 0.3) is 6.08 Å². The number of aliphatic hydroxyl groups excluding tert-OH is 1. The van der Waals surface area contributed by atoms with Crippen molar-refractivity contribution in [3.05, 3.63) is 58.1 Å². The fraction of sp³-hybridized carbons (Fsp3) is 0.333. The lowest BCUT2D eigenvalue weighted by atomic mass is 9.94. The summed E-state index contributed by atoms with van der Waals surface area (Å²) in [5.74, 6) is 0. The molecule has 0 aliphatic heterocycles. The molecule has 2 rings (SSSR count). The first-order valence-corrected chi connectivity index (χ1v) is 8.56. The number of nitrogens with one attached hydrogen (secondary N) is 1. The van der Waals surface area contributed by atoms with Crippen LogP contribution < -0.4 is 0 Å². The van der Waals surface area contributed by atoms with Crippen molar-refractivity contribution in [2.24, 2.45) is 0 Å². The van der Waals surface area contributed by atoms with Crippen LogP contribution in [-0.2, 0) is 0 Å². The highest BCUT2D eigenvalue weighted by molar-refractivity contribution is 7.08. The van der Waals surface area contributed by atoms with Crippen molar-refractivity contribution in [3.8, 4) is 0 Å². The first-order valence-electron chi connectivity index (χ1n) is 7.62. The van der Waals surface area contributed by atoms with Crippen LogP contribution in [0.15, 0.2) is 46.9 Å². The molecule has 4 heteroatoms. The van der Waals surface area contributed by atoms with E-state index in [0.29, 0.717) is 17.7 Å². The monoisotopic (exact) mass is 314 g/mol. The zero-order valence-electron chi connectivity index (χ0n) is 12.8. The van der Waals surface area contributed by atoms with Gasteiger partial charge >= 0.3 is 0 Å². The van der Waals surface area contributed by atoms with Gasteiger partial charge in [-0.1, -0.05) is 25.8 Å². The van der Waals surface area contributed by atoms with Crippen LogP contribution in [0.5, 0.6) is 0 Å². The van der Waals surface area contributed by atoms with Gasteiger partial charge in [-0.15, -0.1) is 0 Å². The van der Waals surface area contributed by atoms with Gasteiger partial charge in [0.15, 0.2) is 0 Å². The molecule has 1 unspecified atom stereocenters. The van der Waals surface area contributed by atoms with Crippen LogP contribution in [0.1, 0.15) is 49.8 Å². The molecule has 2 heterocycles. The summed E-state index contributed by atoms with van der Waals surface area (Å²) < 4.78 is 0. The summed E-state index contributed by atoms with van der Waals surface area (Å²) in [5.41, 5.74) is 2.94. The van der Waals surface area contributed by atoms with Crippen LogP contribution in [0, 0.1) is 5.41 Å². The molecular weight excluding hydrogens is 292 g/mol. The molecule has 2 aromatic rings. The molecule has 0 aliphatic carbocycles. The van der Waals surface area contributed by atoms with E-state index in [1.54, 1.807) is 23.7 Å². The normalized spacial score (nSPS) is 13.1. The van der Waals surface area contributed by atoms with Gasteiger partial charge in [0.05, 0.1) is 0 Å². The van der Waals surface area contributed by atoms with E-state index in [1.165, 1.54) is 0 Å². The van der Waals surface area contributed by atoms with Gasteiger partial charge in [0, 0.05) is 29.2 Å². The molecule has 22 heavy (non-hydrogen) atoms. The first-order chi connectivity index (χ1) is 10.7. The lowest BCUT2D eigenvalue weighted by Crippen LogP contribution is -2.11. The Morgan fingerprint density at radius 3 is 2.91 bits per heavy atom. The van der Waals surface area contributed by atoms with Gasteiger partial charge in [-0.05, 0) is 47.4 Å². The summed E-state index contributed by atoms with van der Waals surface area (Å²) >= 11 is 1.61. The van der Waals surface area contributed by atoms with Crippen molar-refractivity contribution in [3.63, 3.8) is 0 Å². The van der Waals surface area contributed by atoms with Gasteiger partial charge in [-0.25, -0.2) is 0 Å². The third kappa shape index (κ3) is 4.61. The average molecular weight is 314 g/mol. The zero-order chi connectivity index (χ0) is 15.8. The summed E-state index contributed by atoms with van der Waals surface area (Å²) in [4.78, 5) is 4.06. The predicted molar refractivity (Wildman–Crippen MR) is 93.4 cm³/mol. The van der Waals surface area contributed by atoms with E-state index >= 15 is 0 Å². The van der Waals surface area contributed by atoms with Gasteiger partial charge in [-0.2, -0.15) is 11.3 Å². The number of nitrogens with zero attached hydrogens (tertiary/aromatic N) is 1. The largest absolute Gasteiger partial charge is 0.384 e. The topological polar surface area (TPSA) is 57.0 Å². The number of aromatic nitrogens is 1. The number of rotatable bonds is 8. The van der Waals surface area contributed by atoms with E-state index in [2.05, 4.69) is 11.9 Å². The Bertz CT molecular complexity index is 605. The van der Waals surface area contributed by atoms with E-state index in [9.17, 15) is 5.11 Å². The van der Waals surface area contributed by atoms with Crippen LogP contribution in [0.4, 0.5) is 0 Å². The number of thiophene rings is 1. The predicted octanol–water partition coefficient (Wildman–Crippen LogP) is 4.86. The van der Waals surface area contributed by atoms with Crippen molar-refractivity contribution in [1.29, 1.82) is 5.41 Å². The van der Waals surface area contributed by atoms with Gasteiger partial charge in [0.2, 0.25) is 0 Å². The van der Waals surface area contributed by atoms with E-state index in [-0.39, 0.29) is 0 Å². The highest BCUT2D eigenvalue weighted by atomic mass is 32.1. The average Bonchev–Trinajstić information content (AvgIpc) is 3.06. The minimum atomic E-state index is -0.803. The van der Waals surface area contributed by atoms with Gasteiger partial charge in [0.1, 0.15) is 6.10 Å². The Kier molecular flexibility index (Phi) is 6.49. The molecule has 0 saturated heterocycles. The highest BCUT2D eigenvalue weighted by Crippen LogP contribution is 2.26. The van der Waals surface area contributed by atoms with Crippen LogP contribution in [0.2, 0.25) is 0 Å². The van der Waals surface area contributed by atoms with E-state index in [0.717, 1.165) is 30.4 Å². The number of hydrogen-bond donors (Lipinski definition) is 2. The summed E-state index contributed by atoms with van der Waals surface area (Å²) in [6.45, 7) is 2.15. The maximum Gasteiger partial charge on any atom is 0.107 e. The Morgan fingerprint density at radius 1 is 1.41 bits per heavy atom. The molecule has 0 radical (unpaired) electrons. The molecule has 2 N–H and O–H groups in total. The number of hydrogen-bond acceptors (Lipinski definition) is 4. The van der Waals surface area contributed by atoms with Crippen molar-refractivity contribution < 1.29 is 5.11 Å². The summed E-state index contributed by atoms with van der Waals surface area (Å²) in [5, 5.41) is 23.0. The molecule has 0 spiro atoms. The van der Waals surface area contributed by atoms with E-state index < -0.39 is 6.10 Å². The van der Waals surface area contributed by atoms with Gasteiger partial charge < -0.3 is 10.5 Å². The first kappa shape index (κ1) is 16.6. The Balaban J connectivity index is 2.23. The van der Waals surface area contributed by atoms with Gasteiger partial charge in [0.25, 0.3) is 0 Å². The lowest BCUT2D eigenvalue weighted by Gasteiger charge is -2.16. The minimum Gasteiger partial charge on any atom is -0.384 e. The maximum atomic E-state index is 10.7. The quantitative estimate of drug-likeness (QED) is 0.540. The summed E-state index contributed by atoms with van der Waals surface area (Å²) in [7, 11) is 0. The standard InChI is InChI=1S/C18H22N2OS/c1-2-3-4-7-17(19)16(11-14-8-10-22-13-14)18(21)15-6-5-9-20-12-15/h5-6,8-13,18-19,21H,2-4,7H2,1H3. The molecule has 0 bridgehead atoms. The third-order valence-corrected chi connectivity index (χ3v) is 4.24. The lowest BCUT2D eigenvalue weighted by molar-refractivity contribution is 0.222. The molecule has 1 atom stereocenters. The molecule has 0 fully saturated rings. The van der Waals surface area contributed by atoms with Crippen LogP contribution >= 0.6 is 11.3 Å². The van der Waals surface area contributed by atoms with Crippen LogP contribution in [-0.4, -0.2) is 15.8 Å². The molecule has 0 saturated carbocycles. The molecule has 0 aromatic carbocycles. The summed E-state index contributed by atoms with van der Waals surface area (Å²) in [6, 6.07) is 5.65. The maximum absolute atomic E-state index is 10.7. The zero-order valence-corrected chi connectivity index (χ0v) is 13.6. The van der Waals surface area contributed by atoms with Gasteiger partial charge in [-0.3, -0.25) is 4.98 Å². The SMILES string of the molecule is CCCCCC(=N)C(=Cc1ccsc1)C(O)c1cccnc1. The second-order valence-corrected chi connectivity index (χ2v) is 6.06. The molecule has 0 aliphatic rings. The molecule has 3 nitrogen and oxygen atoms in total. The molecule has 116 valence electrons. The Hall–Kier alpha value is -1.78. The van der Waals surface area contributed by atoms with Crippen LogP contribution in [0.3, 0.4) is 0 Å². The fourth-order valence-electron chi connectivity index (χ4n) is 2.28. The molecule has 2 aromatic heterocycles.